The van der Waals surface area contributed by atoms with Crippen LogP contribution in [0.1, 0.15) is 32.6 Å². The summed E-state index contributed by atoms with van der Waals surface area (Å²) in [4.78, 5) is 14.7. The topological polar surface area (TPSA) is 89.2 Å². The van der Waals surface area contributed by atoms with Crippen molar-refractivity contribution in [2.24, 2.45) is 0 Å². The number of piperidine rings is 1. The van der Waals surface area contributed by atoms with Crippen LogP contribution in [-0.4, -0.2) is 52.6 Å². The van der Waals surface area contributed by atoms with Crippen LogP contribution in [0.25, 0.3) is 0 Å². The second-order valence-electron chi connectivity index (χ2n) is 5.16. The number of rotatable bonds is 6. The van der Waals surface area contributed by atoms with E-state index in [1.807, 2.05) is 6.92 Å². The van der Waals surface area contributed by atoms with Gasteiger partial charge in [-0.3, -0.25) is 0 Å². The number of nitrogens with one attached hydrogen (secondary N) is 1. The Labute approximate surface area is 119 Å². The quantitative estimate of drug-likeness (QED) is 0.807. The smallest absolute Gasteiger partial charge is 0.323 e. The number of aromatic nitrogens is 3. The van der Waals surface area contributed by atoms with Gasteiger partial charge in [-0.25, -0.2) is 0 Å². The molecule has 0 radical (unpaired) electrons. The van der Waals surface area contributed by atoms with Crippen LogP contribution in [-0.2, 0) is 0 Å². The molecule has 112 valence electrons. The Bertz CT molecular complexity index is 427. The van der Waals surface area contributed by atoms with Crippen LogP contribution in [0.2, 0.25) is 0 Å². The highest BCUT2D eigenvalue weighted by molar-refractivity contribution is 5.32. The van der Waals surface area contributed by atoms with Gasteiger partial charge in [-0.1, -0.05) is 13.3 Å². The highest BCUT2D eigenvalue weighted by atomic mass is 16.5. The molecule has 7 heteroatoms. The SMILES string of the molecule is CCCOc1nc(N)nc(NCC2CCCCN2C)n1. The highest BCUT2D eigenvalue weighted by Crippen LogP contribution is 2.16. The first-order valence-electron chi connectivity index (χ1n) is 7.27. The van der Waals surface area contributed by atoms with Crippen molar-refractivity contribution < 1.29 is 4.74 Å². The Morgan fingerprint density at radius 1 is 1.35 bits per heavy atom. The molecule has 0 aromatic carbocycles. The first-order chi connectivity index (χ1) is 9.69. The van der Waals surface area contributed by atoms with E-state index in [9.17, 15) is 0 Å². The molecule has 0 spiro atoms. The molecule has 1 unspecified atom stereocenters. The van der Waals surface area contributed by atoms with Crippen LogP contribution in [0, 0.1) is 0 Å². The second kappa shape index (κ2) is 7.23. The zero-order valence-electron chi connectivity index (χ0n) is 12.3. The number of likely N-dealkylation sites (N-methyl/N-ethyl adjacent to an activating group) is 1. The summed E-state index contributed by atoms with van der Waals surface area (Å²) in [6, 6.07) is 0.806. The Hall–Kier alpha value is -1.63. The lowest BCUT2D eigenvalue weighted by Crippen LogP contribution is -2.41. The number of nitrogens with zero attached hydrogens (tertiary/aromatic N) is 4. The molecule has 3 N–H and O–H groups in total. The molecular formula is C13H24N6O. The minimum Gasteiger partial charge on any atom is -0.463 e. The summed E-state index contributed by atoms with van der Waals surface area (Å²) in [5.74, 6) is 0.674. The Balaban J connectivity index is 1.92. The maximum atomic E-state index is 5.67. The lowest BCUT2D eigenvalue weighted by atomic mass is 10.0. The van der Waals surface area contributed by atoms with Gasteiger partial charge < -0.3 is 20.7 Å². The summed E-state index contributed by atoms with van der Waals surface area (Å²) in [7, 11) is 2.16. The van der Waals surface area contributed by atoms with Gasteiger partial charge in [0.2, 0.25) is 11.9 Å². The molecule has 2 rings (SSSR count). The van der Waals surface area contributed by atoms with E-state index in [4.69, 9.17) is 10.5 Å². The van der Waals surface area contributed by atoms with Crippen molar-refractivity contribution in [3.8, 4) is 6.01 Å². The average molecular weight is 280 g/mol. The molecule has 1 saturated heterocycles. The first kappa shape index (κ1) is 14.8. The van der Waals surface area contributed by atoms with E-state index >= 15 is 0 Å². The van der Waals surface area contributed by atoms with E-state index in [1.54, 1.807) is 0 Å². The summed E-state index contributed by atoms with van der Waals surface area (Å²) < 4.78 is 5.40. The molecule has 0 bridgehead atoms. The largest absolute Gasteiger partial charge is 0.463 e. The van der Waals surface area contributed by atoms with E-state index in [0.29, 0.717) is 24.6 Å². The molecule has 7 nitrogen and oxygen atoms in total. The van der Waals surface area contributed by atoms with Gasteiger partial charge in [-0.05, 0) is 32.9 Å². The maximum absolute atomic E-state index is 5.67. The third kappa shape index (κ3) is 4.19. The molecule has 20 heavy (non-hydrogen) atoms. The number of likely N-dealkylation sites (tertiary alicyclic amines) is 1. The van der Waals surface area contributed by atoms with Gasteiger partial charge in [0.05, 0.1) is 6.61 Å². The monoisotopic (exact) mass is 280 g/mol. The highest BCUT2D eigenvalue weighted by Gasteiger charge is 2.19. The minimum atomic E-state index is 0.186. The van der Waals surface area contributed by atoms with Crippen molar-refractivity contribution in [2.75, 3.05) is 37.8 Å². The molecule has 0 aliphatic carbocycles. The lowest BCUT2D eigenvalue weighted by Gasteiger charge is -2.32. The predicted molar refractivity (Wildman–Crippen MR) is 78.8 cm³/mol. The number of nitrogen functional groups attached to an aromatic ring is 1. The second-order valence-corrected chi connectivity index (χ2v) is 5.16. The van der Waals surface area contributed by atoms with Gasteiger partial charge in [0.1, 0.15) is 0 Å². The molecule has 1 aromatic heterocycles. The van der Waals surface area contributed by atoms with Crippen LogP contribution >= 0.6 is 0 Å². The summed E-state index contributed by atoms with van der Waals surface area (Å²) in [5.41, 5.74) is 5.67. The van der Waals surface area contributed by atoms with E-state index in [-0.39, 0.29) is 5.95 Å². The van der Waals surface area contributed by atoms with Crippen molar-refractivity contribution in [2.45, 2.75) is 38.6 Å². The van der Waals surface area contributed by atoms with Gasteiger partial charge >= 0.3 is 6.01 Å². The lowest BCUT2D eigenvalue weighted by molar-refractivity contribution is 0.194. The van der Waals surface area contributed by atoms with Gasteiger partial charge in [-0.15, -0.1) is 0 Å². The zero-order chi connectivity index (χ0) is 14.4. The van der Waals surface area contributed by atoms with E-state index in [1.165, 1.54) is 19.3 Å². The van der Waals surface area contributed by atoms with Crippen LogP contribution in [0.3, 0.4) is 0 Å². The third-order valence-corrected chi connectivity index (χ3v) is 3.48. The number of hydrogen-bond donors (Lipinski definition) is 2. The molecule has 0 saturated carbocycles. The predicted octanol–water partition coefficient (Wildman–Crippen LogP) is 1.14. The average Bonchev–Trinajstić information content (AvgIpc) is 2.44. The maximum Gasteiger partial charge on any atom is 0.323 e. The van der Waals surface area contributed by atoms with Crippen LogP contribution in [0.4, 0.5) is 11.9 Å². The number of nitrogens with two attached hydrogens (primary N) is 1. The summed E-state index contributed by atoms with van der Waals surface area (Å²) in [6.45, 7) is 4.57. The Morgan fingerprint density at radius 3 is 2.95 bits per heavy atom. The molecule has 1 aromatic rings. The van der Waals surface area contributed by atoms with Crippen molar-refractivity contribution >= 4 is 11.9 Å². The van der Waals surface area contributed by atoms with Gasteiger partial charge in [-0.2, -0.15) is 15.0 Å². The number of ether oxygens (including phenoxy) is 1. The summed E-state index contributed by atoms with van der Waals surface area (Å²) >= 11 is 0. The fourth-order valence-electron chi connectivity index (χ4n) is 2.32. The Morgan fingerprint density at radius 2 is 2.20 bits per heavy atom. The number of hydrogen-bond acceptors (Lipinski definition) is 7. The van der Waals surface area contributed by atoms with Crippen molar-refractivity contribution in [3.05, 3.63) is 0 Å². The molecule has 1 aliphatic heterocycles. The van der Waals surface area contributed by atoms with Gasteiger partial charge in [0.15, 0.2) is 0 Å². The van der Waals surface area contributed by atoms with Gasteiger partial charge in [0, 0.05) is 12.6 Å². The van der Waals surface area contributed by atoms with Crippen molar-refractivity contribution in [3.63, 3.8) is 0 Å². The third-order valence-electron chi connectivity index (χ3n) is 3.48. The van der Waals surface area contributed by atoms with E-state index < -0.39 is 0 Å². The molecule has 1 aliphatic rings. The van der Waals surface area contributed by atoms with Crippen LogP contribution < -0.4 is 15.8 Å². The first-order valence-corrected chi connectivity index (χ1v) is 7.27. The Kier molecular flexibility index (Phi) is 5.34. The standard InChI is InChI=1S/C13H24N6O/c1-3-8-20-13-17-11(14)16-12(18-13)15-9-10-6-4-5-7-19(10)2/h10H,3-9H2,1-2H3,(H3,14,15,16,17,18). The van der Waals surface area contributed by atoms with E-state index in [0.717, 1.165) is 19.5 Å². The van der Waals surface area contributed by atoms with Crippen LogP contribution in [0.15, 0.2) is 0 Å². The summed E-state index contributed by atoms with van der Waals surface area (Å²) in [5, 5.41) is 3.24. The molecule has 1 atom stereocenters. The van der Waals surface area contributed by atoms with Crippen LogP contribution in [0.5, 0.6) is 6.01 Å². The van der Waals surface area contributed by atoms with E-state index in [2.05, 4.69) is 32.2 Å². The zero-order valence-corrected chi connectivity index (χ0v) is 12.3. The fraction of sp³-hybridized carbons (Fsp3) is 0.769. The fourth-order valence-corrected chi connectivity index (χ4v) is 2.32. The van der Waals surface area contributed by atoms with Crippen molar-refractivity contribution in [1.29, 1.82) is 0 Å². The molecule has 2 heterocycles. The summed E-state index contributed by atoms with van der Waals surface area (Å²) in [6.07, 6.45) is 4.66. The molecule has 1 fully saturated rings. The normalized spacial score (nSPS) is 19.8. The minimum absolute atomic E-state index is 0.186. The number of anilines is 2. The molecule has 0 amide bonds. The van der Waals surface area contributed by atoms with Gasteiger partial charge in [0.25, 0.3) is 0 Å². The molecular weight excluding hydrogens is 256 g/mol. The van der Waals surface area contributed by atoms with Crippen molar-refractivity contribution in [1.82, 2.24) is 19.9 Å².